The van der Waals surface area contributed by atoms with Crippen LogP contribution < -0.4 is 15.2 Å². The van der Waals surface area contributed by atoms with E-state index < -0.39 is 0 Å². The number of benzene rings is 1. The molecule has 0 spiro atoms. The summed E-state index contributed by atoms with van der Waals surface area (Å²) in [6.07, 6.45) is 0. The molecule has 1 atom stereocenters. The summed E-state index contributed by atoms with van der Waals surface area (Å²) in [5, 5.41) is 4.23. The minimum Gasteiger partial charge on any atom is -0.486 e. The smallest absolute Gasteiger partial charge is 0.161 e. The van der Waals surface area contributed by atoms with E-state index in [1.165, 1.54) is 11.1 Å². The van der Waals surface area contributed by atoms with E-state index in [4.69, 9.17) is 15.2 Å². The molecule has 0 saturated carbocycles. The highest BCUT2D eigenvalue weighted by molar-refractivity contribution is 7.08. The number of ether oxygens (including phenoxy) is 2. The Morgan fingerprint density at radius 1 is 1.17 bits per heavy atom. The molecule has 94 valence electrons. The summed E-state index contributed by atoms with van der Waals surface area (Å²) in [7, 11) is 0. The third-order valence-electron chi connectivity index (χ3n) is 3.16. The number of rotatable bonds is 2. The Morgan fingerprint density at radius 2 is 1.94 bits per heavy atom. The predicted molar refractivity (Wildman–Crippen MR) is 72.5 cm³/mol. The van der Waals surface area contributed by atoms with Crippen molar-refractivity contribution in [1.82, 2.24) is 0 Å². The SMILES string of the molecule is Cc1cscc1C(N)c1ccc2c(c1)OCCO2. The normalized spacial score (nSPS) is 15.4. The quantitative estimate of drug-likeness (QED) is 0.904. The van der Waals surface area contributed by atoms with Crippen LogP contribution in [0.5, 0.6) is 11.5 Å². The standard InChI is InChI=1S/C14H15NO2S/c1-9-7-18-8-11(9)14(15)10-2-3-12-13(6-10)17-5-4-16-12/h2-3,6-8,14H,4-5,15H2,1H3. The van der Waals surface area contributed by atoms with Crippen LogP contribution in [0.3, 0.4) is 0 Å². The first-order valence-electron chi connectivity index (χ1n) is 5.93. The van der Waals surface area contributed by atoms with Crippen molar-refractivity contribution in [3.05, 3.63) is 45.6 Å². The average molecular weight is 261 g/mol. The molecule has 1 unspecified atom stereocenters. The summed E-state index contributed by atoms with van der Waals surface area (Å²) in [6.45, 7) is 3.30. The van der Waals surface area contributed by atoms with Crippen LogP contribution in [0.15, 0.2) is 29.0 Å². The maximum atomic E-state index is 6.31. The van der Waals surface area contributed by atoms with E-state index in [2.05, 4.69) is 17.7 Å². The fourth-order valence-electron chi connectivity index (χ4n) is 2.12. The van der Waals surface area contributed by atoms with Gasteiger partial charge in [0, 0.05) is 0 Å². The lowest BCUT2D eigenvalue weighted by atomic mass is 9.99. The lowest BCUT2D eigenvalue weighted by molar-refractivity contribution is 0.171. The monoisotopic (exact) mass is 261 g/mol. The summed E-state index contributed by atoms with van der Waals surface area (Å²) in [5.74, 6) is 1.60. The molecule has 0 amide bonds. The number of thiophene rings is 1. The summed E-state index contributed by atoms with van der Waals surface area (Å²) in [6, 6.07) is 5.82. The zero-order valence-electron chi connectivity index (χ0n) is 10.2. The van der Waals surface area contributed by atoms with Gasteiger partial charge in [-0.15, -0.1) is 0 Å². The van der Waals surface area contributed by atoms with Crippen molar-refractivity contribution in [2.24, 2.45) is 5.73 Å². The first-order valence-corrected chi connectivity index (χ1v) is 6.88. The molecule has 1 aliphatic heterocycles. The van der Waals surface area contributed by atoms with Crippen LogP contribution in [-0.2, 0) is 0 Å². The molecule has 0 fully saturated rings. The maximum absolute atomic E-state index is 6.31. The van der Waals surface area contributed by atoms with Crippen LogP contribution in [-0.4, -0.2) is 13.2 Å². The van der Waals surface area contributed by atoms with Crippen molar-refractivity contribution >= 4 is 11.3 Å². The van der Waals surface area contributed by atoms with E-state index in [-0.39, 0.29) is 6.04 Å². The van der Waals surface area contributed by atoms with Crippen molar-refractivity contribution in [1.29, 1.82) is 0 Å². The molecule has 0 saturated heterocycles. The second kappa shape index (κ2) is 4.63. The Hall–Kier alpha value is -1.52. The van der Waals surface area contributed by atoms with Crippen LogP contribution in [0.4, 0.5) is 0 Å². The van der Waals surface area contributed by atoms with E-state index in [1.807, 2.05) is 18.2 Å². The lowest BCUT2D eigenvalue weighted by Gasteiger charge is -2.20. The van der Waals surface area contributed by atoms with Crippen LogP contribution >= 0.6 is 11.3 Å². The van der Waals surface area contributed by atoms with E-state index in [0.29, 0.717) is 13.2 Å². The molecule has 1 aromatic heterocycles. The van der Waals surface area contributed by atoms with Gasteiger partial charge in [-0.2, -0.15) is 11.3 Å². The summed E-state index contributed by atoms with van der Waals surface area (Å²) in [5.41, 5.74) is 9.78. The minimum atomic E-state index is -0.105. The third-order valence-corrected chi connectivity index (χ3v) is 4.04. The summed E-state index contributed by atoms with van der Waals surface area (Å²) < 4.78 is 11.1. The number of nitrogens with two attached hydrogens (primary N) is 1. The number of hydrogen-bond acceptors (Lipinski definition) is 4. The Labute approximate surface area is 110 Å². The van der Waals surface area contributed by atoms with Crippen molar-refractivity contribution < 1.29 is 9.47 Å². The molecule has 3 nitrogen and oxygen atoms in total. The van der Waals surface area contributed by atoms with Crippen LogP contribution in [0, 0.1) is 6.92 Å². The zero-order chi connectivity index (χ0) is 12.5. The van der Waals surface area contributed by atoms with Crippen molar-refractivity contribution in [3.63, 3.8) is 0 Å². The van der Waals surface area contributed by atoms with E-state index >= 15 is 0 Å². The van der Waals surface area contributed by atoms with Gasteiger partial charge in [-0.05, 0) is 46.5 Å². The molecular formula is C14H15NO2S. The zero-order valence-corrected chi connectivity index (χ0v) is 11.0. The molecule has 0 aliphatic carbocycles. The number of aryl methyl sites for hydroxylation is 1. The molecular weight excluding hydrogens is 246 g/mol. The Balaban J connectivity index is 1.95. The van der Waals surface area contributed by atoms with Crippen LogP contribution in [0.1, 0.15) is 22.7 Å². The Morgan fingerprint density at radius 3 is 2.67 bits per heavy atom. The second-order valence-corrected chi connectivity index (χ2v) is 5.13. The first kappa shape index (κ1) is 11.6. The Kier molecular flexibility index (Phi) is 2.97. The summed E-state index contributed by atoms with van der Waals surface area (Å²) in [4.78, 5) is 0. The molecule has 4 heteroatoms. The van der Waals surface area contributed by atoms with Crippen molar-refractivity contribution in [2.75, 3.05) is 13.2 Å². The molecule has 0 radical (unpaired) electrons. The van der Waals surface area contributed by atoms with Gasteiger partial charge in [0.1, 0.15) is 13.2 Å². The molecule has 2 heterocycles. The molecule has 3 rings (SSSR count). The van der Waals surface area contributed by atoms with Gasteiger partial charge in [0.05, 0.1) is 6.04 Å². The van der Waals surface area contributed by atoms with Crippen LogP contribution in [0.2, 0.25) is 0 Å². The minimum absolute atomic E-state index is 0.105. The molecule has 1 aliphatic rings. The van der Waals surface area contributed by atoms with Crippen molar-refractivity contribution in [2.45, 2.75) is 13.0 Å². The lowest BCUT2D eigenvalue weighted by Crippen LogP contribution is -2.17. The van der Waals surface area contributed by atoms with Gasteiger partial charge in [-0.1, -0.05) is 6.07 Å². The Bertz CT molecular complexity index is 565. The largest absolute Gasteiger partial charge is 0.486 e. The second-order valence-electron chi connectivity index (χ2n) is 4.39. The van der Waals surface area contributed by atoms with Gasteiger partial charge in [-0.3, -0.25) is 0 Å². The first-order chi connectivity index (χ1) is 8.75. The van der Waals surface area contributed by atoms with Gasteiger partial charge in [0.25, 0.3) is 0 Å². The fourth-order valence-corrected chi connectivity index (χ4v) is 3.01. The molecule has 18 heavy (non-hydrogen) atoms. The average Bonchev–Trinajstić information content (AvgIpc) is 2.83. The molecule has 2 N–H and O–H groups in total. The van der Waals surface area contributed by atoms with E-state index in [9.17, 15) is 0 Å². The van der Waals surface area contributed by atoms with Gasteiger partial charge in [-0.25, -0.2) is 0 Å². The predicted octanol–water partition coefficient (Wildman–Crippen LogP) is 2.88. The number of hydrogen-bond donors (Lipinski definition) is 1. The van der Waals surface area contributed by atoms with Gasteiger partial charge in [0.2, 0.25) is 0 Å². The third kappa shape index (κ3) is 1.98. The topological polar surface area (TPSA) is 44.5 Å². The highest BCUT2D eigenvalue weighted by atomic mass is 32.1. The molecule has 0 bridgehead atoms. The molecule has 2 aromatic rings. The fraction of sp³-hybridized carbons (Fsp3) is 0.286. The number of fused-ring (bicyclic) bond motifs is 1. The van der Waals surface area contributed by atoms with Gasteiger partial charge >= 0.3 is 0 Å². The highest BCUT2D eigenvalue weighted by Gasteiger charge is 2.17. The molecule has 1 aromatic carbocycles. The maximum Gasteiger partial charge on any atom is 0.161 e. The van der Waals surface area contributed by atoms with E-state index in [1.54, 1.807) is 11.3 Å². The van der Waals surface area contributed by atoms with Crippen LogP contribution in [0.25, 0.3) is 0 Å². The van der Waals surface area contributed by atoms with Gasteiger partial charge < -0.3 is 15.2 Å². The van der Waals surface area contributed by atoms with Gasteiger partial charge in [0.15, 0.2) is 11.5 Å². The van der Waals surface area contributed by atoms with Crippen molar-refractivity contribution in [3.8, 4) is 11.5 Å². The summed E-state index contributed by atoms with van der Waals surface area (Å²) >= 11 is 1.68. The highest BCUT2D eigenvalue weighted by Crippen LogP contribution is 2.34. The van der Waals surface area contributed by atoms with E-state index in [0.717, 1.165) is 17.1 Å².